The zero-order chi connectivity index (χ0) is 23.4. The second-order valence-electron chi connectivity index (χ2n) is 7.68. The maximum Gasteiger partial charge on any atom is 0.254 e. The molecule has 1 fully saturated rings. The lowest BCUT2D eigenvalue weighted by atomic mass is 10.2. The molecule has 3 aromatic rings. The first-order valence-electron chi connectivity index (χ1n) is 10.6. The molecule has 0 atom stereocenters. The van der Waals surface area contributed by atoms with Crippen molar-refractivity contribution in [3.05, 3.63) is 71.9 Å². The van der Waals surface area contributed by atoms with E-state index in [-0.39, 0.29) is 18.1 Å². The Labute approximate surface area is 191 Å². The van der Waals surface area contributed by atoms with Gasteiger partial charge in [-0.15, -0.1) is 0 Å². The highest BCUT2D eigenvalue weighted by atomic mass is 32.2. The van der Waals surface area contributed by atoms with Gasteiger partial charge >= 0.3 is 0 Å². The van der Waals surface area contributed by atoms with Crippen LogP contribution in [0.1, 0.15) is 16.1 Å². The minimum Gasteiger partial charge on any atom is -0.354 e. The predicted octanol–water partition coefficient (Wildman–Crippen LogP) is 1.60. The SMILES string of the molecule is Cc1c(C(=O)NCCS(=O)(=O)N2CCN(c3ccccn3)CC2)cnn1-c1ccc(F)cc1. The van der Waals surface area contributed by atoms with Gasteiger partial charge in [-0.3, -0.25) is 4.79 Å². The van der Waals surface area contributed by atoms with E-state index < -0.39 is 15.9 Å². The number of hydrogen-bond donors (Lipinski definition) is 1. The number of sulfonamides is 1. The molecule has 1 saturated heterocycles. The third-order valence-corrected chi connectivity index (χ3v) is 7.45. The molecule has 0 spiro atoms. The molecule has 1 aromatic carbocycles. The van der Waals surface area contributed by atoms with Crippen LogP contribution in [0.5, 0.6) is 0 Å². The molecule has 11 heteroatoms. The van der Waals surface area contributed by atoms with Gasteiger partial charge < -0.3 is 10.2 Å². The number of nitrogens with one attached hydrogen (secondary N) is 1. The van der Waals surface area contributed by atoms with Crippen LogP contribution in [-0.4, -0.2) is 71.9 Å². The van der Waals surface area contributed by atoms with Crippen LogP contribution in [0.25, 0.3) is 5.69 Å². The largest absolute Gasteiger partial charge is 0.354 e. The minimum atomic E-state index is -3.50. The minimum absolute atomic E-state index is 0.0111. The van der Waals surface area contributed by atoms with Crippen LogP contribution < -0.4 is 10.2 Å². The molecule has 1 amide bonds. The van der Waals surface area contributed by atoms with Crippen LogP contribution in [0.4, 0.5) is 10.2 Å². The summed E-state index contributed by atoms with van der Waals surface area (Å²) in [6.45, 7) is 3.58. The molecular weight excluding hydrogens is 447 g/mol. The van der Waals surface area contributed by atoms with Crippen molar-refractivity contribution in [3.8, 4) is 5.69 Å². The maximum atomic E-state index is 13.2. The van der Waals surface area contributed by atoms with Gasteiger partial charge in [0.15, 0.2) is 0 Å². The molecule has 2 aromatic heterocycles. The standard InChI is InChI=1S/C22H25FN6O3S/c1-17-20(16-26-29(17)19-7-5-18(23)6-8-19)22(30)25-10-15-33(31,32)28-13-11-27(12-14-28)21-4-2-3-9-24-21/h2-9,16H,10-15H2,1H3,(H,25,30). The van der Waals surface area contributed by atoms with E-state index in [0.29, 0.717) is 43.1 Å². The number of rotatable bonds is 7. The molecule has 0 radical (unpaired) electrons. The maximum absolute atomic E-state index is 13.2. The number of carbonyl (C=O) groups excluding carboxylic acids is 1. The summed E-state index contributed by atoms with van der Waals surface area (Å²) in [7, 11) is -3.50. The number of carbonyl (C=O) groups is 1. The van der Waals surface area contributed by atoms with Crippen molar-refractivity contribution in [2.45, 2.75) is 6.92 Å². The van der Waals surface area contributed by atoms with Crippen molar-refractivity contribution in [1.82, 2.24) is 24.4 Å². The summed E-state index contributed by atoms with van der Waals surface area (Å²) in [4.78, 5) is 18.9. The Kier molecular flexibility index (Phi) is 6.70. The number of nitrogens with zero attached hydrogens (tertiary/aromatic N) is 5. The number of aromatic nitrogens is 3. The summed E-state index contributed by atoms with van der Waals surface area (Å²) in [6, 6.07) is 11.4. The summed E-state index contributed by atoms with van der Waals surface area (Å²) in [5.74, 6) is -0.122. The van der Waals surface area contributed by atoms with E-state index >= 15 is 0 Å². The summed E-state index contributed by atoms with van der Waals surface area (Å²) < 4.78 is 41.6. The summed E-state index contributed by atoms with van der Waals surface area (Å²) in [6.07, 6.45) is 3.13. The highest BCUT2D eigenvalue weighted by molar-refractivity contribution is 7.89. The number of piperazine rings is 1. The van der Waals surface area contributed by atoms with Crippen LogP contribution in [0.3, 0.4) is 0 Å². The quantitative estimate of drug-likeness (QED) is 0.561. The molecule has 174 valence electrons. The summed E-state index contributed by atoms with van der Waals surface area (Å²) in [5.41, 5.74) is 1.54. The fourth-order valence-corrected chi connectivity index (χ4v) is 5.07. The van der Waals surface area contributed by atoms with E-state index in [1.807, 2.05) is 18.2 Å². The van der Waals surface area contributed by atoms with Gasteiger partial charge in [0.1, 0.15) is 11.6 Å². The molecule has 0 bridgehead atoms. The van der Waals surface area contributed by atoms with Crippen LogP contribution in [0.15, 0.2) is 54.9 Å². The predicted molar refractivity (Wildman–Crippen MR) is 122 cm³/mol. The molecule has 33 heavy (non-hydrogen) atoms. The van der Waals surface area contributed by atoms with E-state index in [9.17, 15) is 17.6 Å². The molecule has 1 aliphatic rings. The number of anilines is 1. The molecule has 3 heterocycles. The topological polar surface area (TPSA) is 100 Å². The van der Waals surface area contributed by atoms with Crippen molar-refractivity contribution in [2.75, 3.05) is 43.4 Å². The zero-order valence-corrected chi connectivity index (χ0v) is 19.0. The fraction of sp³-hybridized carbons (Fsp3) is 0.318. The van der Waals surface area contributed by atoms with Crippen LogP contribution in [-0.2, 0) is 10.0 Å². The summed E-state index contributed by atoms with van der Waals surface area (Å²) >= 11 is 0. The fourth-order valence-electron chi connectivity index (χ4n) is 3.73. The normalized spacial score (nSPS) is 14.9. The molecule has 0 aliphatic carbocycles. The van der Waals surface area contributed by atoms with Crippen LogP contribution in [0.2, 0.25) is 0 Å². The lowest BCUT2D eigenvalue weighted by Crippen LogP contribution is -2.50. The monoisotopic (exact) mass is 472 g/mol. The van der Waals surface area contributed by atoms with Gasteiger partial charge in [0.05, 0.1) is 28.9 Å². The average molecular weight is 473 g/mol. The number of hydrogen-bond acceptors (Lipinski definition) is 6. The number of pyridine rings is 1. The third kappa shape index (κ3) is 5.20. The van der Waals surface area contributed by atoms with E-state index in [4.69, 9.17) is 0 Å². The third-order valence-electron chi connectivity index (χ3n) is 5.58. The number of halogens is 1. The first-order chi connectivity index (χ1) is 15.8. The van der Waals surface area contributed by atoms with E-state index in [0.717, 1.165) is 5.82 Å². The van der Waals surface area contributed by atoms with Crippen LogP contribution in [0, 0.1) is 12.7 Å². The lowest BCUT2D eigenvalue weighted by molar-refractivity contribution is 0.0955. The van der Waals surface area contributed by atoms with Crippen molar-refractivity contribution in [3.63, 3.8) is 0 Å². The van der Waals surface area contributed by atoms with Gasteiger partial charge in [-0.05, 0) is 43.3 Å². The Hall–Kier alpha value is -3.31. The highest BCUT2D eigenvalue weighted by Gasteiger charge is 2.27. The summed E-state index contributed by atoms with van der Waals surface area (Å²) in [5, 5.41) is 6.86. The first kappa shape index (κ1) is 22.9. The van der Waals surface area contributed by atoms with Crippen molar-refractivity contribution < 1.29 is 17.6 Å². The van der Waals surface area contributed by atoms with Gasteiger partial charge in [-0.25, -0.2) is 22.5 Å². The molecule has 0 unspecified atom stereocenters. The first-order valence-corrected chi connectivity index (χ1v) is 12.2. The number of amides is 1. The van der Waals surface area contributed by atoms with Gasteiger partial charge in [-0.2, -0.15) is 9.40 Å². The molecule has 9 nitrogen and oxygen atoms in total. The van der Waals surface area contributed by atoms with Gasteiger partial charge in [-0.1, -0.05) is 6.07 Å². The highest BCUT2D eigenvalue weighted by Crippen LogP contribution is 2.16. The second kappa shape index (κ2) is 9.67. The van der Waals surface area contributed by atoms with Crippen molar-refractivity contribution in [2.24, 2.45) is 0 Å². The van der Waals surface area contributed by atoms with E-state index in [1.54, 1.807) is 25.3 Å². The van der Waals surface area contributed by atoms with E-state index in [2.05, 4.69) is 20.3 Å². The van der Waals surface area contributed by atoms with Crippen LogP contribution >= 0.6 is 0 Å². The van der Waals surface area contributed by atoms with E-state index in [1.165, 1.54) is 27.3 Å². The Morgan fingerprint density at radius 2 is 1.82 bits per heavy atom. The van der Waals surface area contributed by atoms with Crippen molar-refractivity contribution in [1.29, 1.82) is 0 Å². The number of benzene rings is 1. The Morgan fingerprint density at radius 1 is 1.09 bits per heavy atom. The molecule has 1 N–H and O–H groups in total. The Balaban J connectivity index is 1.30. The smallest absolute Gasteiger partial charge is 0.254 e. The molecule has 0 saturated carbocycles. The molecule has 1 aliphatic heterocycles. The van der Waals surface area contributed by atoms with Gasteiger partial charge in [0, 0.05) is 38.9 Å². The molecule has 4 rings (SSSR count). The van der Waals surface area contributed by atoms with Crippen molar-refractivity contribution >= 4 is 21.7 Å². The zero-order valence-electron chi connectivity index (χ0n) is 18.2. The van der Waals surface area contributed by atoms with Gasteiger partial charge in [0.25, 0.3) is 5.91 Å². The average Bonchev–Trinajstić information content (AvgIpc) is 3.21. The Bertz CT molecular complexity index is 1210. The lowest BCUT2D eigenvalue weighted by Gasteiger charge is -2.34. The Morgan fingerprint density at radius 3 is 2.48 bits per heavy atom. The molecular formula is C22H25FN6O3S. The second-order valence-corrected chi connectivity index (χ2v) is 9.77. The van der Waals surface area contributed by atoms with Gasteiger partial charge in [0.2, 0.25) is 10.0 Å².